The largest absolute Gasteiger partial charge is 0.507 e. The van der Waals surface area contributed by atoms with Gasteiger partial charge in [-0.1, -0.05) is 50.2 Å². The van der Waals surface area contributed by atoms with Gasteiger partial charge < -0.3 is 34.3 Å². The van der Waals surface area contributed by atoms with Crippen molar-refractivity contribution in [1.82, 2.24) is 40.0 Å². The summed E-state index contributed by atoms with van der Waals surface area (Å²) in [5, 5.41) is 36.4. The molecule has 2 fully saturated rings. The van der Waals surface area contributed by atoms with E-state index in [2.05, 4.69) is 30.6 Å². The number of rotatable bonds is 14. The number of halogens is 2. The first-order chi connectivity index (χ1) is 28.9. The number of ether oxygens (including phenoxy) is 1. The van der Waals surface area contributed by atoms with Crippen LogP contribution in [0.25, 0.3) is 32.7 Å². The second-order valence-corrected chi connectivity index (χ2v) is 16.7. The number of hydrogen-bond donors (Lipinski definition) is 3. The molecule has 0 unspecified atom stereocenters. The maximum absolute atomic E-state index is 14.1. The second kappa shape index (κ2) is 17.1. The van der Waals surface area contributed by atoms with E-state index < -0.39 is 24.5 Å². The second-order valence-electron chi connectivity index (χ2n) is 15.8. The monoisotopic (exact) mass is 840 g/mol. The molecule has 2 saturated heterocycles. The number of nitrogens with one attached hydrogen (secondary N) is 1. The number of phenols is 1. The van der Waals surface area contributed by atoms with Crippen molar-refractivity contribution in [2.75, 3.05) is 32.8 Å². The molecule has 2 aromatic carbocycles. The Hall–Kier alpha value is -5.78. The number of aliphatic hydroxyl groups is 1. The predicted molar refractivity (Wildman–Crippen MR) is 220 cm³/mol. The Balaban J connectivity index is 0.868. The lowest BCUT2D eigenvalue weighted by molar-refractivity contribution is -0.141. The van der Waals surface area contributed by atoms with Crippen LogP contribution in [0.4, 0.5) is 8.78 Å². The number of thiazole rings is 1. The van der Waals surface area contributed by atoms with Crippen molar-refractivity contribution in [2.45, 2.75) is 70.7 Å². The number of aromatic nitrogens is 5. The van der Waals surface area contributed by atoms with Gasteiger partial charge in [-0.05, 0) is 54.2 Å². The molecule has 17 heteroatoms. The van der Waals surface area contributed by atoms with E-state index in [1.54, 1.807) is 46.2 Å². The number of para-hydroxylation sites is 1. The molecule has 0 spiro atoms. The number of benzene rings is 2. The molecule has 0 saturated carbocycles. The molecule has 8 rings (SSSR count). The molecule has 4 aromatic heterocycles. The molecule has 3 N–H and O–H groups in total. The summed E-state index contributed by atoms with van der Waals surface area (Å²) in [6.45, 7) is 9.55. The zero-order valence-corrected chi connectivity index (χ0v) is 34.4. The zero-order valence-electron chi connectivity index (χ0n) is 33.5. The summed E-state index contributed by atoms with van der Waals surface area (Å²) in [4.78, 5) is 36.8. The van der Waals surface area contributed by atoms with Gasteiger partial charge in [0.1, 0.15) is 29.8 Å². The van der Waals surface area contributed by atoms with Gasteiger partial charge in [-0.2, -0.15) is 0 Å². The summed E-state index contributed by atoms with van der Waals surface area (Å²) in [7, 11) is 0. The number of carbonyl (C=O) groups is 2. The fourth-order valence-corrected chi connectivity index (χ4v) is 8.94. The van der Waals surface area contributed by atoms with Crippen molar-refractivity contribution in [1.29, 1.82) is 0 Å². The van der Waals surface area contributed by atoms with Crippen molar-refractivity contribution in [2.24, 2.45) is 5.92 Å². The molecule has 0 radical (unpaired) electrons. The molecule has 0 aliphatic carbocycles. The molecule has 6 aromatic rings. The van der Waals surface area contributed by atoms with Crippen LogP contribution in [0.3, 0.4) is 0 Å². The number of likely N-dealkylation sites (tertiary alicyclic amines) is 2. The van der Waals surface area contributed by atoms with E-state index in [1.165, 1.54) is 17.2 Å². The van der Waals surface area contributed by atoms with E-state index in [9.17, 15) is 28.6 Å². The highest BCUT2D eigenvalue weighted by Crippen LogP contribution is 2.37. The van der Waals surface area contributed by atoms with Crippen molar-refractivity contribution in [3.8, 4) is 33.3 Å². The minimum atomic E-state index is -2.73. The molecular formula is C43H46F2N8O6S. The molecule has 2 aliphatic heterocycles. The van der Waals surface area contributed by atoms with Gasteiger partial charge in [0.15, 0.2) is 5.76 Å². The minimum absolute atomic E-state index is 0.0131. The van der Waals surface area contributed by atoms with E-state index in [4.69, 9.17) is 9.26 Å². The molecule has 2 amide bonds. The maximum atomic E-state index is 14.1. The van der Waals surface area contributed by atoms with E-state index in [0.717, 1.165) is 21.7 Å². The van der Waals surface area contributed by atoms with Gasteiger partial charge in [0.05, 0.1) is 51.0 Å². The maximum Gasteiger partial charge on any atom is 0.267 e. The van der Waals surface area contributed by atoms with Crippen LogP contribution in [-0.2, 0) is 9.59 Å². The standard InChI is InChI=1S/C43H46F2N8O6S/c1-23(2)38(43(57)53-20-29(54)15-34(53)42(56)47-24(3)26-9-11-27(12-10-26)40-25(4)46-22-60-40)36-17-37(50-59-36)58-14-13-51-18-28(19-51)52-21-31(41(44)45)39-33(52)16-32(48-49-39)30-7-5-6-8-35(30)55/h5-12,16-17,21-24,28-29,34,38,41,54-55H,13-15,18-20H2,1-4H3,(H,47,56)/t24-,29+,34-,38+/m0/s1. The molecule has 6 heterocycles. The van der Waals surface area contributed by atoms with Gasteiger partial charge in [0.25, 0.3) is 12.3 Å². The van der Waals surface area contributed by atoms with Gasteiger partial charge in [0.2, 0.25) is 11.8 Å². The third-order valence-corrected chi connectivity index (χ3v) is 12.4. The summed E-state index contributed by atoms with van der Waals surface area (Å²) in [5.41, 5.74) is 6.01. The third-order valence-electron chi connectivity index (χ3n) is 11.4. The fraction of sp³-hybridized carbons (Fsp3) is 0.395. The van der Waals surface area contributed by atoms with Gasteiger partial charge in [0, 0.05) is 50.4 Å². The highest BCUT2D eigenvalue weighted by molar-refractivity contribution is 7.13. The van der Waals surface area contributed by atoms with Crippen molar-refractivity contribution in [3.05, 3.63) is 95.0 Å². The van der Waals surface area contributed by atoms with Crippen LogP contribution in [0, 0.1) is 12.8 Å². The quantitative estimate of drug-likeness (QED) is 0.107. The number of aliphatic hydroxyl groups excluding tert-OH is 1. The fourth-order valence-electron chi connectivity index (χ4n) is 8.13. The summed E-state index contributed by atoms with van der Waals surface area (Å²) < 4.78 is 41.4. The first kappa shape index (κ1) is 41.0. The Morgan fingerprint density at radius 3 is 2.52 bits per heavy atom. The van der Waals surface area contributed by atoms with Crippen LogP contribution >= 0.6 is 11.3 Å². The number of hydrogen-bond acceptors (Lipinski definition) is 12. The molecular weight excluding hydrogens is 795 g/mol. The smallest absolute Gasteiger partial charge is 0.267 e. The lowest BCUT2D eigenvalue weighted by Gasteiger charge is -2.40. The van der Waals surface area contributed by atoms with E-state index in [0.29, 0.717) is 42.2 Å². The van der Waals surface area contributed by atoms with Gasteiger partial charge >= 0.3 is 0 Å². The SMILES string of the molecule is Cc1ncsc1-c1ccc([C@H](C)NC(=O)[C@@H]2C[C@@H](O)CN2C(=O)[C@@H](c2cc(OCCN3CC(n4cc(C(F)F)c5nnc(-c6ccccc6O)cc54)C3)no2)C(C)C)cc1. The van der Waals surface area contributed by atoms with E-state index >= 15 is 0 Å². The number of aryl methyl sites for hydroxylation is 1. The minimum Gasteiger partial charge on any atom is -0.507 e. The number of nitrogens with zero attached hydrogens (tertiary/aromatic N) is 7. The highest BCUT2D eigenvalue weighted by Gasteiger charge is 2.43. The van der Waals surface area contributed by atoms with Crippen LogP contribution in [0.15, 0.2) is 76.9 Å². The first-order valence-corrected chi connectivity index (χ1v) is 20.8. The predicted octanol–water partition coefficient (Wildman–Crippen LogP) is 6.68. The summed E-state index contributed by atoms with van der Waals surface area (Å²) in [6, 6.07) is 16.6. The van der Waals surface area contributed by atoms with Crippen LogP contribution in [0.2, 0.25) is 0 Å². The molecule has 0 bridgehead atoms. The highest BCUT2D eigenvalue weighted by atomic mass is 32.1. The van der Waals surface area contributed by atoms with E-state index in [1.807, 2.05) is 57.5 Å². The summed E-state index contributed by atoms with van der Waals surface area (Å²) in [6.07, 6.45) is -2.04. The Morgan fingerprint density at radius 2 is 1.82 bits per heavy atom. The lowest BCUT2D eigenvalue weighted by atomic mass is 9.91. The summed E-state index contributed by atoms with van der Waals surface area (Å²) >= 11 is 1.57. The van der Waals surface area contributed by atoms with Gasteiger partial charge in [-0.25, -0.2) is 13.8 Å². The normalized spacial score (nSPS) is 18.3. The van der Waals surface area contributed by atoms with Crippen LogP contribution in [-0.4, -0.2) is 102 Å². The molecule has 2 aliphatic rings. The molecule has 60 heavy (non-hydrogen) atoms. The Bertz CT molecular complexity index is 2480. The topological polar surface area (TPSA) is 172 Å². The number of aromatic hydroxyl groups is 1. The van der Waals surface area contributed by atoms with Crippen molar-refractivity contribution in [3.63, 3.8) is 0 Å². The summed E-state index contributed by atoms with van der Waals surface area (Å²) in [5.74, 6) is -1.19. The zero-order chi connectivity index (χ0) is 42.2. The Kier molecular flexibility index (Phi) is 11.7. The first-order valence-electron chi connectivity index (χ1n) is 19.9. The van der Waals surface area contributed by atoms with Crippen LogP contribution in [0.5, 0.6) is 11.6 Å². The van der Waals surface area contributed by atoms with Crippen molar-refractivity contribution < 1.29 is 37.8 Å². The Labute approximate surface area is 348 Å². The molecule has 314 valence electrons. The number of alkyl halides is 2. The van der Waals surface area contributed by atoms with Gasteiger partial charge in [-0.15, -0.1) is 21.5 Å². The average Bonchev–Trinajstić information content (AvgIpc) is 4.02. The number of fused-ring (bicyclic) bond motifs is 1. The molecule has 14 nitrogen and oxygen atoms in total. The molecule has 4 atom stereocenters. The number of β-amino-alcohol motifs (C(OH)–C–C–N with tert-alkyl or cyclic N) is 1. The van der Waals surface area contributed by atoms with Crippen LogP contribution in [0.1, 0.15) is 74.2 Å². The van der Waals surface area contributed by atoms with Gasteiger partial charge in [-0.3, -0.25) is 14.5 Å². The third kappa shape index (κ3) is 8.20. The lowest BCUT2D eigenvalue weighted by Crippen LogP contribution is -2.48. The number of carbonyl (C=O) groups excluding carboxylic acids is 2. The van der Waals surface area contributed by atoms with Crippen molar-refractivity contribution >= 4 is 34.2 Å². The number of phenolic OH excluding ortho intramolecular Hbond substituents is 1. The van der Waals surface area contributed by atoms with Crippen LogP contribution < -0.4 is 10.1 Å². The van der Waals surface area contributed by atoms with E-state index in [-0.39, 0.29) is 72.1 Å². The Morgan fingerprint density at radius 1 is 1.05 bits per heavy atom. The average molecular weight is 841 g/mol. The number of amides is 2.